The maximum atomic E-state index is 12.1. The molecule has 0 radical (unpaired) electrons. The molecule has 0 aliphatic rings. The van der Waals surface area contributed by atoms with E-state index >= 15 is 0 Å². The lowest BCUT2D eigenvalue weighted by Gasteiger charge is -2.04. The molecule has 2 aromatic heterocycles. The average molecular weight is 376 g/mol. The number of carbonyl (C=O) groups excluding carboxylic acids is 1. The topological polar surface area (TPSA) is 83.0 Å². The molecule has 5 nitrogen and oxygen atoms in total. The molecule has 2 aromatic rings. The number of carbonyl (C=O) groups is 2. The van der Waals surface area contributed by atoms with E-state index in [1.54, 1.807) is 18.5 Å². The van der Waals surface area contributed by atoms with E-state index in [2.05, 4.69) is 41.8 Å². The van der Waals surface area contributed by atoms with Gasteiger partial charge in [-0.1, -0.05) is 15.9 Å². The minimum absolute atomic E-state index is 0.257. The third-order valence-corrected chi connectivity index (χ3v) is 3.57. The highest BCUT2D eigenvalue weighted by Gasteiger charge is 2.22. The number of hydrogen-bond acceptors (Lipinski definition) is 3. The molecule has 0 aliphatic carbocycles. The number of aliphatic carboxylic acids is 1. The van der Waals surface area contributed by atoms with Gasteiger partial charge in [-0.15, -0.1) is 0 Å². The monoisotopic (exact) mass is 374 g/mol. The van der Waals surface area contributed by atoms with Gasteiger partial charge in [0.05, 0.1) is 11.2 Å². The van der Waals surface area contributed by atoms with Crippen molar-refractivity contribution in [2.24, 2.45) is 0 Å². The highest BCUT2D eigenvalue weighted by atomic mass is 79.9. The number of nitrogens with zero attached hydrogens (tertiary/aromatic N) is 1. The minimum atomic E-state index is -1.02. The Morgan fingerprint density at radius 3 is 2.89 bits per heavy atom. The molecule has 0 amide bonds. The van der Waals surface area contributed by atoms with E-state index in [0.717, 1.165) is 4.47 Å². The summed E-state index contributed by atoms with van der Waals surface area (Å²) < 4.78 is 0.757. The van der Waals surface area contributed by atoms with E-state index in [1.807, 2.05) is 0 Å². The van der Waals surface area contributed by atoms with Gasteiger partial charge in [0.1, 0.15) is 5.65 Å². The Morgan fingerprint density at radius 1 is 1.50 bits per heavy atom. The molecule has 0 aliphatic heterocycles. The standard InChI is InChI=1S/C11H8Br2N2O3/c12-5-1-6-7(4-15-11(6)14-3-5)10(18)8(13)2-9(16)17/h1,3-4,8H,2H2,(H,14,15)(H,16,17). The summed E-state index contributed by atoms with van der Waals surface area (Å²) in [7, 11) is 0. The van der Waals surface area contributed by atoms with Crippen LogP contribution in [-0.4, -0.2) is 31.7 Å². The molecule has 94 valence electrons. The lowest BCUT2D eigenvalue weighted by atomic mass is 10.1. The highest BCUT2D eigenvalue weighted by molar-refractivity contribution is 9.10. The van der Waals surface area contributed by atoms with Gasteiger partial charge in [0, 0.05) is 27.8 Å². The quantitative estimate of drug-likeness (QED) is 0.635. The van der Waals surface area contributed by atoms with Crippen molar-refractivity contribution in [2.45, 2.75) is 11.2 Å². The SMILES string of the molecule is O=C(O)CC(Br)C(=O)c1c[nH]c2ncc(Br)cc12. The van der Waals surface area contributed by atoms with Crippen LogP contribution in [-0.2, 0) is 4.79 Å². The van der Waals surface area contributed by atoms with Gasteiger partial charge in [0.15, 0.2) is 5.78 Å². The zero-order valence-electron chi connectivity index (χ0n) is 8.98. The number of hydrogen-bond donors (Lipinski definition) is 2. The number of alkyl halides is 1. The van der Waals surface area contributed by atoms with Gasteiger partial charge in [0.25, 0.3) is 0 Å². The molecule has 0 fully saturated rings. The van der Waals surface area contributed by atoms with Gasteiger partial charge in [-0.2, -0.15) is 0 Å². The second kappa shape index (κ2) is 5.19. The second-order valence-corrected chi connectivity index (χ2v) is 5.70. The molecule has 0 saturated heterocycles. The van der Waals surface area contributed by atoms with Gasteiger partial charge >= 0.3 is 5.97 Å². The molecular formula is C11H8Br2N2O3. The number of carboxylic acids is 1. The molecule has 0 spiro atoms. The number of halogens is 2. The molecule has 2 rings (SSSR count). The Bertz CT molecular complexity index is 624. The largest absolute Gasteiger partial charge is 0.481 e. The summed E-state index contributed by atoms with van der Waals surface area (Å²) in [5, 5.41) is 9.35. The fourth-order valence-corrected chi connectivity index (χ4v) is 2.45. The molecule has 1 unspecified atom stereocenters. The predicted octanol–water partition coefficient (Wildman–Crippen LogP) is 2.75. The van der Waals surface area contributed by atoms with Crippen LogP contribution in [0.1, 0.15) is 16.8 Å². The van der Waals surface area contributed by atoms with E-state index < -0.39 is 10.8 Å². The summed E-state index contributed by atoms with van der Waals surface area (Å²) >= 11 is 6.38. The molecule has 0 aromatic carbocycles. The van der Waals surface area contributed by atoms with E-state index in [0.29, 0.717) is 16.6 Å². The number of H-pyrrole nitrogens is 1. The van der Waals surface area contributed by atoms with Crippen molar-refractivity contribution in [3.05, 3.63) is 28.5 Å². The molecule has 0 bridgehead atoms. The first-order valence-electron chi connectivity index (χ1n) is 5.01. The van der Waals surface area contributed by atoms with Crippen molar-refractivity contribution >= 4 is 54.6 Å². The molecule has 7 heteroatoms. The van der Waals surface area contributed by atoms with Crippen LogP contribution in [0.2, 0.25) is 0 Å². The smallest absolute Gasteiger partial charge is 0.304 e. The number of aromatic amines is 1. The summed E-state index contributed by atoms with van der Waals surface area (Å²) in [6.45, 7) is 0. The van der Waals surface area contributed by atoms with E-state index in [1.165, 1.54) is 0 Å². The molecular weight excluding hydrogens is 368 g/mol. The number of pyridine rings is 1. The van der Waals surface area contributed by atoms with Gasteiger partial charge in [-0.3, -0.25) is 9.59 Å². The Labute approximate surface area is 119 Å². The number of ketones is 1. The summed E-state index contributed by atoms with van der Waals surface area (Å²) in [5.74, 6) is -1.30. The first-order chi connectivity index (χ1) is 8.49. The summed E-state index contributed by atoms with van der Waals surface area (Å²) in [4.78, 5) is 28.9. The Kier molecular flexibility index (Phi) is 3.82. The highest BCUT2D eigenvalue weighted by Crippen LogP contribution is 2.24. The summed E-state index contributed by atoms with van der Waals surface area (Å²) in [6.07, 6.45) is 2.91. The molecule has 18 heavy (non-hydrogen) atoms. The van der Waals surface area contributed by atoms with Crippen LogP contribution in [0.4, 0.5) is 0 Å². The van der Waals surface area contributed by atoms with Crippen molar-refractivity contribution < 1.29 is 14.7 Å². The van der Waals surface area contributed by atoms with Crippen LogP contribution in [0.25, 0.3) is 11.0 Å². The Balaban J connectivity index is 2.38. The lowest BCUT2D eigenvalue weighted by molar-refractivity contribution is -0.136. The first-order valence-corrected chi connectivity index (χ1v) is 6.72. The number of aromatic nitrogens is 2. The Hall–Kier alpha value is -1.21. The van der Waals surface area contributed by atoms with Crippen LogP contribution >= 0.6 is 31.9 Å². The number of fused-ring (bicyclic) bond motifs is 1. The van der Waals surface area contributed by atoms with Crippen molar-refractivity contribution in [3.63, 3.8) is 0 Å². The van der Waals surface area contributed by atoms with Crippen LogP contribution < -0.4 is 0 Å². The van der Waals surface area contributed by atoms with Crippen molar-refractivity contribution in [3.8, 4) is 0 Å². The van der Waals surface area contributed by atoms with E-state index in [9.17, 15) is 9.59 Å². The molecule has 0 saturated carbocycles. The number of carboxylic acid groups (broad SMARTS) is 1. The lowest BCUT2D eigenvalue weighted by Crippen LogP contribution is -2.17. The third kappa shape index (κ3) is 2.62. The predicted molar refractivity (Wildman–Crippen MR) is 73.1 cm³/mol. The Morgan fingerprint density at radius 2 is 2.22 bits per heavy atom. The zero-order valence-corrected chi connectivity index (χ0v) is 12.2. The number of nitrogens with one attached hydrogen (secondary N) is 1. The molecule has 2 N–H and O–H groups in total. The summed E-state index contributed by atoms with van der Waals surface area (Å²) in [5.41, 5.74) is 1.03. The van der Waals surface area contributed by atoms with Crippen LogP contribution in [0, 0.1) is 0 Å². The summed E-state index contributed by atoms with van der Waals surface area (Å²) in [6, 6.07) is 1.77. The van der Waals surface area contributed by atoms with Crippen LogP contribution in [0.15, 0.2) is 22.9 Å². The van der Waals surface area contributed by atoms with Crippen LogP contribution in [0.3, 0.4) is 0 Å². The van der Waals surface area contributed by atoms with Gasteiger partial charge in [0.2, 0.25) is 0 Å². The van der Waals surface area contributed by atoms with Crippen molar-refractivity contribution in [2.75, 3.05) is 0 Å². The van der Waals surface area contributed by atoms with Gasteiger partial charge in [-0.05, 0) is 22.0 Å². The second-order valence-electron chi connectivity index (χ2n) is 3.68. The fourth-order valence-electron chi connectivity index (χ4n) is 1.60. The minimum Gasteiger partial charge on any atom is -0.481 e. The van der Waals surface area contributed by atoms with Gasteiger partial charge < -0.3 is 10.1 Å². The maximum Gasteiger partial charge on any atom is 0.304 e. The first kappa shape index (κ1) is 13.2. The molecule has 1 atom stereocenters. The van der Waals surface area contributed by atoms with Gasteiger partial charge in [-0.25, -0.2) is 4.98 Å². The van der Waals surface area contributed by atoms with Crippen LogP contribution in [0.5, 0.6) is 0 Å². The number of rotatable bonds is 4. The van der Waals surface area contributed by atoms with Crippen molar-refractivity contribution in [1.82, 2.24) is 9.97 Å². The normalized spacial score (nSPS) is 12.6. The van der Waals surface area contributed by atoms with E-state index in [4.69, 9.17) is 5.11 Å². The molecule has 2 heterocycles. The van der Waals surface area contributed by atoms with Crippen molar-refractivity contribution in [1.29, 1.82) is 0 Å². The number of Topliss-reactive ketones (excluding diaryl/α,β-unsaturated/α-hetero) is 1. The third-order valence-electron chi connectivity index (χ3n) is 2.40. The van der Waals surface area contributed by atoms with E-state index in [-0.39, 0.29) is 12.2 Å². The average Bonchev–Trinajstić information content (AvgIpc) is 2.69. The fraction of sp³-hybridized carbons (Fsp3) is 0.182. The maximum absolute atomic E-state index is 12.1. The zero-order chi connectivity index (χ0) is 13.3.